The molecule has 0 atom stereocenters. The molecule has 2 rings (SSSR count). The van der Waals surface area contributed by atoms with Gasteiger partial charge in [-0.2, -0.15) is 0 Å². The van der Waals surface area contributed by atoms with Gasteiger partial charge in [0.2, 0.25) is 0 Å². The molecule has 6 nitrogen and oxygen atoms in total. The van der Waals surface area contributed by atoms with Crippen LogP contribution in [0.4, 0.5) is 4.39 Å². The van der Waals surface area contributed by atoms with Crippen LogP contribution in [0.3, 0.4) is 0 Å². The van der Waals surface area contributed by atoms with E-state index in [0.717, 1.165) is 18.2 Å². The van der Waals surface area contributed by atoms with Crippen molar-refractivity contribution in [2.45, 2.75) is 19.6 Å². The molecule has 0 aliphatic carbocycles. The zero-order valence-corrected chi connectivity index (χ0v) is 11.3. The second-order valence-corrected chi connectivity index (χ2v) is 4.89. The number of cyclic esters (lactones) is 2. The summed E-state index contributed by atoms with van der Waals surface area (Å²) in [4.78, 5) is 23.5. The van der Waals surface area contributed by atoms with Crippen molar-refractivity contribution < 1.29 is 33.5 Å². The molecule has 1 heterocycles. The molecule has 0 saturated carbocycles. The minimum atomic E-state index is -2.01. The van der Waals surface area contributed by atoms with Gasteiger partial charge in [-0.15, -0.1) is 0 Å². The van der Waals surface area contributed by atoms with Crippen LogP contribution >= 0.6 is 0 Å². The summed E-state index contributed by atoms with van der Waals surface area (Å²) >= 11 is 0. The average molecular weight is 294 g/mol. The lowest BCUT2D eigenvalue weighted by Crippen LogP contribution is -2.41. The first-order chi connectivity index (χ1) is 9.69. The van der Waals surface area contributed by atoms with E-state index in [2.05, 4.69) is 0 Å². The molecule has 1 aliphatic rings. The van der Waals surface area contributed by atoms with E-state index in [1.165, 1.54) is 19.9 Å². The first-order valence-electron chi connectivity index (χ1n) is 6.03. The maximum absolute atomic E-state index is 13.3. The number of carbonyl (C=O) groups is 2. The quantitative estimate of drug-likeness (QED) is 0.337. The molecule has 0 amide bonds. The van der Waals surface area contributed by atoms with Crippen molar-refractivity contribution in [1.82, 2.24) is 0 Å². The van der Waals surface area contributed by atoms with E-state index in [9.17, 15) is 14.0 Å². The van der Waals surface area contributed by atoms with Crippen molar-refractivity contribution >= 4 is 30.6 Å². The molecule has 1 aliphatic heterocycles. The molecule has 0 aromatic heterocycles. The number of hydrogen-bond donors (Lipinski definition) is 2. The summed E-state index contributed by atoms with van der Waals surface area (Å²) in [5, 5.41) is 18.0. The van der Waals surface area contributed by atoms with Gasteiger partial charge < -0.3 is 19.5 Å². The van der Waals surface area contributed by atoms with Gasteiger partial charge in [0, 0.05) is 19.3 Å². The molecule has 0 spiro atoms. The first kappa shape index (κ1) is 15.2. The molecule has 1 saturated heterocycles. The summed E-state index contributed by atoms with van der Waals surface area (Å²) in [5.74, 6) is -3.90. The van der Waals surface area contributed by atoms with Crippen molar-refractivity contribution in [2.75, 3.05) is 0 Å². The number of esters is 2. The van der Waals surface area contributed by atoms with Crippen molar-refractivity contribution in [2.24, 2.45) is 0 Å². The van der Waals surface area contributed by atoms with E-state index in [-0.39, 0.29) is 16.6 Å². The molecule has 1 fully saturated rings. The van der Waals surface area contributed by atoms with Crippen molar-refractivity contribution in [3.8, 4) is 0 Å². The van der Waals surface area contributed by atoms with Gasteiger partial charge in [0.15, 0.2) is 0 Å². The number of benzene rings is 1. The Morgan fingerprint density at radius 3 is 2.29 bits per heavy atom. The van der Waals surface area contributed by atoms with Gasteiger partial charge in [0.1, 0.15) is 11.4 Å². The van der Waals surface area contributed by atoms with Gasteiger partial charge in [-0.3, -0.25) is 0 Å². The Bertz CT molecular complexity index is 616. The topological polar surface area (TPSA) is 93.1 Å². The van der Waals surface area contributed by atoms with Crippen molar-refractivity contribution in [3.05, 3.63) is 35.2 Å². The van der Waals surface area contributed by atoms with Crippen LogP contribution < -0.4 is 5.46 Å². The number of hydrogen-bond acceptors (Lipinski definition) is 6. The minimum Gasteiger partial charge on any atom is -0.423 e. The summed E-state index contributed by atoms with van der Waals surface area (Å²) in [6, 6.07) is 3.37. The molecule has 110 valence electrons. The zero-order chi connectivity index (χ0) is 15.8. The van der Waals surface area contributed by atoms with Gasteiger partial charge in [-0.05, 0) is 17.7 Å². The van der Waals surface area contributed by atoms with E-state index in [1.807, 2.05) is 0 Å². The van der Waals surface area contributed by atoms with E-state index >= 15 is 0 Å². The molecule has 0 radical (unpaired) electrons. The maximum Gasteiger partial charge on any atom is 0.491 e. The summed E-state index contributed by atoms with van der Waals surface area (Å²) in [6.45, 7) is 2.83. The molecule has 2 N–H and O–H groups in total. The molecular formula is C13H12BFO6. The summed E-state index contributed by atoms with van der Waals surface area (Å²) in [6.07, 6.45) is 1.13. The van der Waals surface area contributed by atoms with E-state index in [1.54, 1.807) is 0 Å². The maximum atomic E-state index is 13.3. The van der Waals surface area contributed by atoms with Crippen LogP contribution in [0.25, 0.3) is 6.08 Å². The van der Waals surface area contributed by atoms with Crippen LogP contribution in [0.15, 0.2) is 23.8 Å². The monoisotopic (exact) mass is 294 g/mol. The third kappa shape index (κ3) is 3.29. The number of ether oxygens (including phenoxy) is 2. The molecule has 1 aromatic rings. The number of carbonyl (C=O) groups excluding carboxylic acids is 2. The third-order valence-electron chi connectivity index (χ3n) is 2.73. The van der Waals surface area contributed by atoms with Crippen molar-refractivity contribution in [3.63, 3.8) is 0 Å². The van der Waals surface area contributed by atoms with Crippen LogP contribution in [-0.2, 0) is 19.1 Å². The predicted molar refractivity (Wildman–Crippen MR) is 70.5 cm³/mol. The van der Waals surface area contributed by atoms with Crippen LogP contribution in [0.2, 0.25) is 0 Å². The van der Waals surface area contributed by atoms with E-state index in [0.29, 0.717) is 0 Å². The van der Waals surface area contributed by atoms with Crippen LogP contribution in [0, 0.1) is 5.82 Å². The van der Waals surface area contributed by atoms with Gasteiger partial charge in [-0.1, -0.05) is 12.1 Å². The van der Waals surface area contributed by atoms with Gasteiger partial charge in [-0.25, -0.2) is 14.0 Å². The highest BCUT2D eigenvalue weighted by molar-refractivity contribution is 6.58. The van der Waals surface area contributed by atoms with E-state index < -0.39 is 30.7 Å². The lowest BCUT2D eigenvalue weighted by atomic mass is 9.79. The summed E-state index contributed by atoms with van der Waals surface area (Å²) in [5.41, 5.74) is -0.510. The van der Waals surface area contributed by atoms with Gasteiger partial charge >= 0.3 is 19.1 Å². The smallest absolute Gasteiger partial charge is 0.423 e. The Balaban J connectivity index is 2.38. The second-order valence-electron chi connectivity index (χ2n) is 4.89. The van der Waals surface area contributed by atoms with Gasteiger partial charge in [0.05, 0.1) is 0 Å². The van der Waals surface area contributed by atoms with Crippen molar-refractivity contribution in [1.29, 1.82) is 0 Å². The Morgan fingerprint density at radius 1 is 1.19 bits per heavy atom. The highest BCUT2D eigenvalue weighted by Gasteiger charge is 2.38. The molecule has 0 unspecified atom stereocenters. The fourth-order valence-electron chi connectivity index (χ4n) is 1.79. The van der Waals surface area contributed by atoms with Crippen LogP contribution in [0.1, 0.15) is 19.4 Å². The second kappa shape index (κ2) is 5.30. The molecule has 21 heavy (non-hydrogen) atoms. The largest absolute Gasteiger partial charge is 0.491 e. The number of halogens is 1. The minimum absolute atomic E-state index is 0.225. The Morgan fingerprint density at radius 2 is 1.76 bits per heavy atom. The Kier molecular flexibility index (Phi) is 3.84. The Labute approximate surface area is 119 Å². The first-order valence-corrected chi connectivity index (χ1v) is 6.03. The lowest BCUT2D eigenvalue weighted by molar-refractivity contribution is -0.222. The van der Waals surface area contributed by atoms with Crippen LogP contribution in [-0.4, -0.2) is 34.9 Å². The molecule has 0 bridgehead atoms. The molecule has 8 heteroatoms. The number of rotatable bonds is 2. The molecular weight excluding hydrogens is 282 g/mol. The SMILES string of the molecule is CC1(C)OC(=O)C(=Cc2ccc(F)c(B(O)O)c2)C(=O)O1. The highest BCUT2D eigenvalue weighted by Crippen LogP contribution is 2.24. The predicted octanol–water partition coefficient (Wildman–Crippen LogP) is -0.275. The Hall–Kier alpha value is -2.19. The highest BCUT2D eigenvalue weighted by atomic mass is 19.1. The zero-order valence-electron chi connectivity index (χ0n) is 11.3. The fourth-order valence-corrected chi connectivity index (χ4v) is 1.79. The molecule has 1 aromatic carbocycles. The normalized spacial score (nSPS) is 17.1. The van der Waals surface area contributed by atoms with Gasteiger partial charge in [0.25, 0.3) is 5.79 Å². The van der Waals surface area contributed by atoms with E-state index in [4.69, 9.17) is 19.5 Å². The third-order valence-corrected chi connectivity index (χ3v) is 2.73. The fraction of sp³-hybridized carbons (Fsp3) is 0.231. The average Bonchev–Trinajstić information content (AvgIpc) is 2.34. The summed E-state index contributed by atoms with van der Waals surface area (Å²) < 4.78 is 23.1. The lowest BCUT2D eigenvalue weighted by Gasteiger charge is -2.29. The van der Waals surface area contributed by atoms with Crippen LogP contribution in [0.5, 0.6) is 0 Å². The summed E-state index contributed by atoms with van der Waals surface area (Å²) in [7, 11) is -2.01. The standard InChI is InChI=1S/C13H12BFO6/c1-13(2)20-11(16)8(12(17)21-13)5-7-3-4-10(15)9(6-7)14(18)19/h3-6,18-19H,1-2H3.